The van der Waals surface area contributed by atoms with Gasteiger partial charge in [0.05, 0.1) is 12.2 Å². The fourth-order valence-corrected chi connectivity index (χ4v) is 2.21. The van der Waals surface area contributed by atoms with Gasteiger partial charge in [0.25, 0.3) is 5.88 Å². The molecule has 0 aliphatic heterocycles. The highest BCUT2D eigenvalue weighted by Crippen LogP contribution is 2.27. The Morgan fingerprint density at radius 2 is 1.85 bits per heavy atom. The Bertz CT molecular complexity index is 935. The third kappa shape index (κ3) is 3.94. The predicted octanol–water partition coefficient (Wildman–Crippen LogP) is 4.30. The molecule has 132 valence electrons. The van der Waals surface area contributed by atoms with Crippen molar-refractivity contribution in [1.29, 1.82) is 0 Å². The minimum atomic E-state index is -0.739. The Kier molecular flexibility index (Phi) is 5.38. The summed E-state index contributed by atoms with van der Waals surface area (Å²) in [4.78, 5) is 16.2. The fraction of sp³-hybridized carbons (Fsp3) is 0.111. The molecule has 1 aromatic heterocycles. The SMILES string of the molecule is CCOC(=O)c1nnc(-c2ccccc2F)nc1Oc1ccc(Cl)cc1. The van der Waals surface area contributed by atoms with Gasteiger partial charge in [0.15, 0.2) is 5.82 Å². The number of ether oxygens (including phenoxy) is 2. The molecular weight excluding hydrogens is 361 g/mol. The Morgan fingerprint density at radius 3 is 2.54 bits per heavy atom. The summed E-state index contributed by atoms with van der Waals surface area (Å²) in [5, 5.41) is 8.17. The van der Waals surface area contributed by atoms with Gasteiger partial charge in [-0.2, -0.15) is 4.98 Å². The second-order valence-electron chi connectivity index (χ2n) is 5.05. The molecular formula is C18H13ClFN3O3. The molecule has 0 atom stereocenters. The van der Waals surface area contributed by atoms with Crippen molar-refractivity contribution >= 4 is 17.6 Å². The van der Waals surface area contributed by atoms with E-state index in [4.69, 9.17) is 21.1 Å². The van der Waals surface area contributed by atoms with Gasteiger partial charge in [0, 0.05) is 5.02 Å². The molecule has 0 amide bonds. The van der Waals surface area contributed by atoms with E-state index in [2.05, 4.69) is 15.2 Å². The number of benzene rings is 2. The minimum Gasteiger partial charge on any atom is -0.461 e. The van der Waals surface area contributed by atoms with Crippen molar-refractivity contribution in [1.82, 2.24) is 15.2 Å². The smallest absolute Gasteiger partial charge is 0.364 e. The lowest BCUT2D eigenvalue weighted by atomic mass is 10.2. The quantitative estimate of drug-likeness (QED) is 0.621. The zero-order chi connectivity index (χ0) is 18.5. The molecule has 0 unspecified atom stereocenters. The van der Waals surface area contributed by atoms with Crippen molar-refractivity contribution in [3.63, 3.8) is 0 Å². The molecule has 0 spiro atoms. The van der Waals surface area contributed by atoms with Crippen LogP contribution in [0, 0.1) is 5.82 Å². The molecule has 3 rings (SSSR count). The highest BCUT2D eigenvalue weighted by Gasteiger charge is 2.21. The highest BCUT2D eigenvalue weighted by atomic mass is 35.5. The third-order valence-corrected chi connectivity index (χ3v) is 3.52. The standard InChI is InChI=1S/C18H13ClFN3O3/c1-2-25-18(24)15-17(26-12-9-7-11(19)8-10-12)21-16(23-22-15)13-5-3-4-6-14(13)20/h3-10H,2H2,1H3. The van der Waals surface area contributed by atoms with Crippen LogP contribution in [-0.4, -0.2) is 27.8 Å². The molecule has 0 saturated heterocycles. The first-order chi connectivity index (χ1) is 12.6. The number of esters is 1. The maximum absolute atomic E-state index is 14.0. The van der Waals surface area contributed by atoms with Gasteiger partial charge in [0.2, 0.25) is 5.69 Å². The van der Waals surface area contributed by atoms with Crippen molar-refractivity contribution in [2.24, 2.45) is 0 Å². The van der Waals surface area contributed by atoms with Crippen molar-refractivity contribution in [3.8, 4) is 23.0 Å². The average Bonchev–Trinajstić information content (AvgIpc) is 2.64. The number of hydrogen-bond acceptors (Lipinski definition) is 6. The number of rotatable bonds is 5. The Morgan fingerprint density at radius 1 is 1.12 bits per heavy atom. The van der Waals surface area contributed by atoms with Gasteiger partial charge < -0.3 is 9.47 Å². The van der Waals surface area contributed by atoms with E-state index in [1.807, 2.05) is 0 Å². The predicted molar refractivity (Wildman–Crippen MR) is 92.7 cm³/mol. The monoisotopic (exact) mass is 373 g/mol. The summed E-state index contributed by atoms with van der Waals surface area (Å²) in [7, 11) is 0. The summed E-state index contributed by atoms with van der Waals surface area (Å²) in [6.07, 6.45) is 0. The van der Waals surface area contributed by atoms with Gasteiger partial charge >= 0.3 is 5.97 Å². The second kappa shape index (κ2) is 7.88. The second-order valence-corrected chi connectivity index (χ2v) is 5.48. The molecule has 0 radical (unpaired) electrons. The number of halogens is 2. The lowest BCUT2D eigenvalue weighted by Crippen LogP contribution is -2.12. The number of nitrogens with zero attached hydrogens (tertiary/aromatic N) is 3. The molecule has 1 heterocycles. The van der Waals surface area contributed by atoms with E-state index in [0.717, 1.165) is 0 Å². The van der Waals surface area contributed by atoms with Gasteiger partial charge in [-0.1, -0.05) is 23.7 Å². The fourth-order valence-electron chi connectivity index (χ4n) is 2.08. The first-order valence-corrected chi connectivity index (χ1v) is 8.06. The zero-order valence-electron chi connectivity index (χ0n) is 13.6. The first kappa shape index (κ1) is 17.8. The van der Waals surface area contributed by atoms with E-state index in [9.17, 15) is 9.18 Å². The molecule has 26 heavy (non-hydrogen) atoms. The summed E-state index contributed by atoms with van der Waals surface area (Å²) in [5.41, 5.74) is -0.0711. The Labute approximate surface area is 153 Å². The summed E-state index contributed by atoms with van der Waals surface area (Å²) < 4.78 is 24.6. The van der Waals surface area contributed by atoms with E-state index >= 15 is 0 Å². The topological polar surface area (TPSA) is 74.2 Å². The van der Waals surface area contributed by atoms with Crippen LogP contribution in [0.1, 0.15) is 17.4 Å². The molecule has 3 aromatic rings. The molecule has 0 bridgehead atoms. The van der Waals surface area contributed by atoms with Crippen LogP contribution in [0.25, 0.3) is 11.4 Å². The van der Waals surface area contributed by atoms with Crippen molar-refractivity contribution < 1.29 is 18.7 Å². The van der Waals surface area contributed by atoms with Crippen LogP contribution in [0.2, 0.25) is 5.02 Å². The van der Waals surface area contributed by atoms with E-state index < -0.39 is 11.8 Å². The number of carbonyl (C=O) groups excluding carboxylic acids is 1. The van der Waals surface area contributed by atoms with Crippen LogP contribution < -0.4 is 4.74 Å². The third-order valence-electron chi connectivity index (χ3n) is 3.27. The highest BCUT2D eigenvalue weighted by molar-refractivity contribution is 6.30. The summed E-state index contributed by atoms with van der Waals surface area (Å²) >= 11 is 5.85. The lowest BCUT2D eigenvalue weighted by molar-refractivity contribution is 0.0514. The van der Waals surface area contributed by atoms with Crippen LogP contribution in [0.3, 0.4) is 0 Å². The van der Waals surface area contributed by atoms with Gasteiger partial charge in [-0.05, 0) is 43.3 Å². The number of hydrogen-bond donors (Lipinski definition) is 0. The van der Waals surface area contributed by atoms with E-state index in [-0.39, 0.29) is 29.6 Å². The summed E-state index contributed by atoms with van der Waals surface area (Å²) in [6, 6.07) is 12.4. The molecule has 0 N–H and O–H groups in total. The van der Waals surface area contributed by atoms with Crippen LogP contribution in [-0.2, 0) is 4.74 Å². The molecule has 6 nitrogen and oxygen atoms in total. The molecule has 8 heteroatoms. The molecule has 0 aliphatic carbocycles. The maximum atomic E-state index is 14.0. The molecule has 0 aliphatic rings. The van der Waals surface area contributed by atoms with Crippen LogP contribution in [0.5, 0.6) is 11.6 Å². The molecule has 2 aromatic carbocycles. The van der Waals surface area contributed by atoms with E-state index in [1.165, 1.54) is 12.1 Å². The van der Waals surface area contributed by atoms with Crippen molar-refractivity contribution in [2.75, 3.05) is 6.61 Å². The van der Waals surface area contributed by atoms with Crippen LogP contribution >= 0.6 is 11.6 Å². The van der Waals surface area contributed by atoms with Gasteiger partial charge in [-0.15, -0.1) is 10.2 Å². The van der Waals surface area contributed by atoms with E-state index in [1.54, 1.807) is 43.3 Å². The first-order valence-electron chi connectivity index (χ1n) is 7.68. The lowest BCUT2D eigenvalue weighted by Gasteiger charge is -2.10. The summed E-state index contributed by atoms with van der Waals surface area (Å²) in [5.74, 6) is -1.04. The van der Waals surface area contributed by atoms with Crippen LogP contribution in [0.15, 0.2) is 48.5 Å². The van der Waals surface area contributed by atoms with E-state index in [0.29, 0.717) is 10.8 Å². The molecule has 0 saturated carbocycles. The number of carbonyl (C=O) groups is 1. The average molecular weight is 374 g/mol. The van der Waals surface area contributed by atoms with Crippen LogP contribution in [0.4, 0.5) is 4.39 Å². The largest absolute Gasteiger partial charge is 0.461 e. The Hall–Kier alpha value is -3.06. The van der Waals surface area contributed by atoms with Gasteiger partial charge in [0.1, 0.15) is 11.6 Å². The minimum absolute atomic E-state index is 0.0138. The normalized spacial score (nSPS) is 10.4. The van der Waals surface area contributed by atoms with Crippen molar-refractivity contribution in [3.05, 3.63) is 65.1 Å². The Balaban J connectivity index is 2.04. The number of aromatic nitrogens is 3. The van der Waals surface area contributed by atoms with Gasteiger partial charge in [-0.25, -0.2) is 9.18 Å². The zero-order valence-corrected chi connectivity index (χ0v) is 14.4. The van der Waals surface area contributed by atoms with Crippen molar-refractivity contribution in [2.45, 2.75) is 6.92 Å². The maximum Gasteiger partial charge on any atom is 0.364 e. The van der Waals surface area contributed by atoms with Gasteiger partial charge in [-0.3, -0.25) is 0 Å². The summed E-state index contributed by atoms with van der Waals surface area (Å²) in [6.45, 7) is 1.81. The molecule has 0 fully saturated rings.